The minimum absolute atomic E-state index is 0.0717. The Morgan fingerprint density at radius 2 is 1.10 bits per heavy atom. The second-order valence-electron chi connectivity index (χ2n) is 16.5. The Bertz CT molecular complexity index is 3130. The maximum absolute atomic E-state index is 5.56. The predicted octanol–water partition coefficient (Wildman–Crippen LogP) is 13.0. The third-order valence-electron chi connectivity index (χ3n) is 11.0. The summed E-state index contributed by atoms with van der Waals surface area (Å²) in [5.41, 5.74) is 12.9. The number of fused-ring (bicyclic) bond motifs is 13. The van der Waals surface area contributed by atoms with Gasteiger partial charge in [-0.3, -0.25) is 4.40 Å². The van der Waals surface area contributed by atoms with Crippen molar-refractivity contribution in [3.8, 4) is 11.1 Å². The molecule has 8 bridgehead atoms. The Kier molecular flexibility index (Phi) is 6.37. The van der Waals surface area contributed by atoms with E-state index < -0.39 is 0 Å². The molecule has 0 amide bonds. The molecular weight excluding hydrogens is 633 g/mol. The minimum atomic E-state index is -0.0773. The van der Waals surface area contributed by atoms with Crippen molar-refractivity contribution in [2.45, 2.75) is 52.4 Å². The average molecular weight is 673 g/mol. The Hall–Kier alpha value is -6.00. The number of rotatable bonds is 1. The lowest BCUT2D eigenvalue weighted by molar-refractivity contribution is 0.591. The molecule has 5 heterocycles. The van der Waals surface area contributed by atoms with Gasteiger partial charge in [0.2, 0.25) is 0 Å². The zero-order chi connectivity index (χ0) is 35.5. The summed E-state index contributed by atoms with van der Waals surface area (Å²) in [6, 6.07) is 46.6. The molecule has 4 heteroatoms. The molecule has 0 fully saturated rings. The number of aromatic nitrogens is 4. The molecule has 0 atom stereocenters. The molecule has 5 aromatic heterocycles. The highest BCUT2D eigenvalue weighted by molar-refractivity contribution is 6.22. The average Bonchev–Trinajstić information content (AvgIpc) is 3.69. The molecule has 4 nitrogen and oxygen atoms in total. The number of hydrogen-bond donors (Lipinski definition) is 1. The fourth-order valence-electron chi connectivity index (χ4n) is 8.04. The van der Waals surface area contributed by atoms with Crippen molar-refractivity contribution in [2.75, 3.05) is 0 Å². The zero-order valence-corrected chi connectivity index (χ0v) is 30.5. The number of aromatic amines is 1. The van der Waals surface area contributed by atoms with E-state index in [1.165, 1.54) is 27.3 Å². The van der Waals surface area contributed by atoms with Crippen molar-refractivity contribution < 1.29 is 0 Å². The smallest absolute Gasteiger partial charge is 0.146 e. The summed E-state index contributed by atoms with van der Waals surface area (Å²) >= 11 is 0. The standard InChI is InChI=1S/C48H40N4/c1-47(2,3)31-24-36-37-25-32(48(4,5)6)27-39-42-23-30(28-13-8-7-9-14-28)22-41(49-42)29-15-12-16-33(21-29)52-43-18-11-10-17-34(43)35-19-20-40(50-46(35)52)38(26-31)44(36)51-45(37)39/h7-27,51H,1-6H3. The maximum Gasteiger partial charge on any atom is 0.146 e. The van der Waals surface area contributed by atoms with Gasteiger partial charge in [0.15, 0.2) is 0 Å². The van der Waals surface area contributed by atoms with Crippen LogP contribution < -0.4 is 0 Å². The number of pyridine rings is 2. The van der Waals surface area contributed by atoms with E-state index in [1.807, 2.05) is 0 Å². The van der Waals surface area contributed by atoms with Gasteiger partial charge in [0.05, 0.1) is 33.1 Å². The molecule has 0 aliphatic rings. The Morgan fingerprint density at radius 1 is 0.462 bits per heavy atom. The number of nitrogens with one attached hydrogen (secondary N) is 1. The first-order chi connectivity index (χ1) is 25.0. The molecule has 52 heavy (non-hydrogen) atoms. The third-order valence-corrected chi connectivity index (χ3v) is 11.0. The SMILES string of the molecule is CC(C)(C)c1cc2c3cc(-c4ccccc4)cc(n3)c3cccc(c3)n3c4ccccc4c4ccc(nc43)c3cc(C(C)(C)C)cc4c(c1)c2[nH]c34. The third kappa shape index (κ3) is 4.67. The maximum atomic E-state index is 5.56. The van der Waals surface area contributed by atoms with Crippen LogP contribution in [0.3, 0.4) is 0 Å². The molecular formula is C48H40N4. The molecule has 0 aliphatic carbocycles. The molecule has 252 valence electrons. The lowest BCUT2D eigenvalue weighted by atomic mass is 9.84. The van der Waals surface area contributed by atoms with Crippen molar-refractivity contribution in [2.24, 2.45) is 0 Å². The van der Waals surface area contributed by atoms with Gasteiger partial charge in [0, 0.05) is 43.2 Å². The van der Waals surface area contributed by atoms with Gasteiger partial charge in [-0.25, -0.2) is 9.97 Å². The summed E-state index contributed by atoms with van der Waals surface area (Å²) in [6.45, 7) is 13.8. The number of nitrogens with zero attached hydrogens (tertiary/aromatic N) is 3. The highest BCUT2D eigenvalue weighted by Crippen LogP contribution is 2.40. The van der Waals surface area contributed by atoms with Crippen LogP contribution in [0, 0.1) is 0 Å². The van der Waals surface area contributed by atoms with Gasteiger partial charge in [0.1, 0.15) is 5.65 Å². The van der Waals surface area contributed by atoms with E-state index in [9.17, 15) is 0 Å². The van der Waals surface area contributed by atoms with Gasteiger partial charge < -0.3 is 4.98 Å². The first-order valence-electron chi connectivity index (χ1n) is 18.2. The van der Waals surface area contributed by atoms with Crippen molar-refractivity contribution in [1.29, 1.82) is 0 Å². The predicted molar refractivity (Wildman–Crippen MR) is 222 cm³/mol. The summed E-state index contributed by atoms with van der Waals surface area (Å²) in [5, 5.41) is 8.02. The molecule has 0 spiro atoms. The van der Waals surface area contributed by atoms with Gasteiger partial charge in [-0.1, -0.05) is 102 Å². The lowest BCUT2D eigenvalue weighted by Crippen LogP contribution is -2.11. The van der Waals surface area contributed by atoms with Crippen molar-refractivity contribution in [3.05, 3.63) is 139 Å². The Morgan fingerprint density at radius 3 is 1.81 bits per heavy atom. The molecule has 10 aromatic rings. The van der Waals surface area contributed by atoms with Crippen LogP contribution in [0.2, 0.25) is 0 Å². The minimum Gasteiger partial charge on any atom is -0.353 e. The monoisotopic (exact) mass is 672 g/mol. The van der Waals surface area contributed by atoms with Crippen molar-refractivity contribution >= 4 is 82.0 Å². The van der Waals surface area contributed by atoms with Gasteiger partial charge in [0.25, 0.3) is 0 Å². The van der Waals surface area contributed by atoms with Crippen LogP contribution >= 0.6 is 0 Å². The van der Waals surface area contributed by atoms with Crippen LogP contribution in [0.25, 0.3) is 93.1 Å². The van der Waals surface area contributed by atoms with E-state index in [-0.39, 0.29) is 10.8 Å². The fraction of sp³-hybridized carbons (Fsp3) is 0.167. The molecule has 0 saturated carbocycles. The van der Waals surface area contributed by atoms with E-state index in [2.05, 4.69) is 178 Å². The van der Waals surface area contributed by atoms with Crippen LogP contribution in [0.4, 0.5) is 0 Å². The topological polar surface area (TPSA) is 46.0 Å². The van der Waals surface area contributed by atoms with Crippen LogP contribution in [-0.4, -0.2) is 19.4 Å². The van der Waals surface area contributed by atoms with Crippen LogP contribution in [-0.2, 0) is 10.8 Å². The lowest BCUT2D eigenvalue weighted by Gasteiger charge is -2.20. The molecule has 0 saturated heterocycles. The fourth-order valence-corrected chi connectivity index (χ4v) is 8.04. The zero-order valence-electron chi connectivity index (χ0n) is 30.5. The van der Waals surface area contributed by atoms with Gasteiger partial charge in [-0.2, -0.15) is 0 Å². The quantitative estimate of drug-likeness (QED) is 0.189. The van der Waals surface area contributed by atoms with Gasteiger partial charge in [-0.15, -0.1) is 0 Å². The van der Waals surface area contributed by atoms with E-state index in [1.54, 1.807) is 0 Å². The molecule has 0 radical (unpaired) electrons. The van der Waals surface area contributed by atoms with Gasteiger partial charge >= 0.3 is 0 Å². The molecule has 10 rings (SSSR count). The normalized spacial score (nSPS) is 12.8. The molecule has 0 unspecified atom stereocenters. The first kappa shape index (κ1) is 30.8. The van der Waals surface area contributed by atoms with Crippen LogP contribution in [0.5, 0.6) is 0 Å². The first-order valence-corrected chi connectivity index (χ1v) is 18.2. The Balaban J connectivity index is 1.54. The second-order valence-corrected chi connectivity index (χ2v) is 16.5. The highest BCUT2D eigenvalue weighted by atomic mass is 15.0. The van der Waals surface area contributed by atoms with Gasteiger partial charge in [-0.05, 0) is 99.8 Å². The van der Waals surface area contributed by atoms with Crippen LogP contribution in [0.1, 0.15) is 52.7 Å². The van der Waals surface area contributed by atoms with E-state index in [0.29, 0.717) is 0 Å². The summed E-state index contributed by atoms with van der Waals surface area (Å²) < 4.78 is 2.32. The number of H-pyrrole nitrogens is 1. The van der Waals surface area contributed by atoms with Crippen molar-refractivity contribution in [3.63, 3.8) is 0 Å². The summed E-state index contributed by atoms with van der Waals surface area (Å²) in [6.07, 6.45) is 0. The number of benzene rings is 5. The Labute approximate surface area is 302 Å². The number of para-hydroxylation sites is 1. The van der Waals surface area contributed by atoms with E-state index in [0.717, 1.165) is 76.9 Å². The van der Waals surface area contributed by atoms with Crippen LogP contribution in [0.15, 0.2) is 127 Å². The molecule has 0 aliphatic heterocycles. The molecule has 1 N–H and O–H groups in total. The second kappa shape index (κ2) is 10.8. The highest BCUT2D eigenvalue weighted by Gasteiger charge is 2.22. The summed E-state index contributed by atoms with van der Waals surface area (Å²) in [4.78, 5) is 15.1. The van der Waals surface area contributed by atoms with Crippen molar-refractivity contribution in [1.82, 2.24) is 19.4 Å². The number of hydrogen-bond acceptors (Lipinski definition) is 2. The van der Waals surface area contributed by atoms with E-state index >= 15 is 0 Å². The molecule has 5 aromatic carbocycles. The summed E-state index contributed by atoms with van der Waals surface area (Å²) in [7, 11) is 0. The van der Waals surface area contributed by atoms with E-state index in [4.69, 9.17) is 9.97 Å². The summed E-state index contributed by atoms with van der Waals surface area (Å²) in [5.74, 6) is 0. The largest absolute Gasteiger partial charge is 0.353 e.